The molecule has 1 saturated heterocycles. The Labute approximate surface area is 141 Å². The van der Waals surface area contributed by atoms with E-state index in [1.54, 1.807) is 0 Å². The zero-order valence-electron chi connectivity index (χ0n) is 15.6. The molecule has 0 N–H and O–H groups in total. The van der Waals surface area contributed by atoms with Crippen LogP contribution in [0.1, 0.15) is 52.7 Å². The molecule has 1 aromatic rings. The van der Waals surface area contributed by atoms with Gasteiger partial charge in [-0.25, -0.2) is 4.79 Å². The Morgan fingerprint density at radius 1 is 1.00 bits per heavy atom. The third-order valence-corrected chi connectivity index (χ3v) is 4.26. The molecule has 2 rings (SSSR count). The summed E-state index contributed by atoms with van der Waals surface area (Å²) >= 11 is 0. The summed E-state index contributed by atoms with van der Waals surface area (Å²) in [5.41, 5.74) is 2.08. The van der Waals surface area contributed by atoms with E-state index >= 15 is 0 Å². The quantitative estimate of drug-likeness (QED) is 0.775. The number of aryl methyl sites for hydroxylation is 1. The van der Waals surface area contributed by atoms with Crippen LogP contribution in [0.3, 0.4) is 0 Å². The predicted molar refractivity (Wildman–Crippen MR) is 97.4 cm³/mol. The lowest BCUT2D eigenvalue weighted by atomic mass is 10.0. The fourth-order valence-corrected chi connectivity index (χ4v) is 3.01. The van der Waals surface area contributed by atoms with Crippen molar-refractivity contribution in [2.75, 3.05) is 6.54 Å². The molecule has 0 aromatic heterocycles. The van der Waals surface area contributed by atoms with Crippen molar-refractivity contribution in [2.45, 2.75) is 65.6 Å². The van der Waals surface area contributed by atoms with Gasteiger partial charge in [-0.3, -0.25) is 0 Å². The first-order valence-corrected chi connectivity index (χ1v) is 8.36. The van der Waals surface area contributed by atoms with Gasteiger partial charge in [0.15, 0.2) is 0 Å². The number of benzene rings is 1. The van der Waals surface area contributed by atoms with E-state index in [4.69, 9.17) is 0 Å². The Kier molecular flexibility index (Phi) is 4.61. The maximum Gasteiger partial charge on any atom is 0.321 e. The monoisotopic (exact) mass is 314 g/mol. The minimum atomic E-state index is -0.195. The van der Waals surface area contributed by atoms with Crippen LogP contribution in [0.4, 0.5) is 4.79 Å². The molecule has 0 saturated carbocycles. The molecule has 1 aliphatic rings. The molecule has 1 unspecified atom stereocenters. The number of carbonyl (C=O) groups is 1. The van der Waals surface area contributed by atoms with Crippen LogP contribution >= 0.6 is 0 Å². The van der Waals surface area contributed by atoms with Crippen molar-refractivity contribution in [3.05, 3.63) is 41.5 Å². The second-order valence-electron chi connectivity index (χ2n) is 8.44. The van der Waals surface area contributed by atoms with Crippen LogP contribution in [0, 0.1) is 6.92 Å². The van der Waals surface area contributed by atoms with Crippen LogP contribution in [-0.4, -0.2) is 39.5 Å². The highest BCUT2D eigenvalue weighted by Crippen LogP contribution is 2.31. The molecular weight excluding hydrogens is 284 g/mol. The highest BCUT2D eigenvalue weighted by molar-refractivity contribution is 5.79. The van der Waals surface area contributed by atoms with E-state index in [0.29, 0.717) is 0 Å². The molecule has 1 aliphatic heterocycles. The summed E-state index contributed by atoms with van der Waals surface area (Å²) in [6, 6.07) is 8.69. The number of rotatable bonds is 2. The lowest BCUT2D eigenvalue weighted by molar-refractivity contribution is 0.129. The summed E-state index contributed by atoms with van der Waals surface area (Å²) in [4.78, 5) is 16.9. The molecule has 1 aromatic carbocycles. The minimum absolute atomic E-state index is 0.100. The maximum absolute atomic E-state index is 12.9. The van der Waals surface area contributed by atoms with Gasteiger partial charge in [0.05, 0.1) is 6.04 Å². The van der Waals surface area contributed by atoms with Gasteiger partial charge in [-0.1, -0.05) is 42.0 Å². The normalized spacial score (nSPS) is 20.0. The van der Waals surface area contributed by atoms with Gasteiger partial charge in [-0.15, -0.1) is 0 Å². The van der Waals surface area contributed by atoms with Crippen LogP contribution in [0.2, 0.25) is 0 Å². The maximum atomic E-state index is 12.9. The fraction of sp³-hybridized carbons (Fsp3) is 0.550. The second kappa shape index (κ2) is 6.03. The molecule has 0 spiro atoms. The molecule has 3 heteroatoms. The SMILES string of the molecule is Cc1ccc(/C=C/C2CN(C(C)(C)C)C(=O)N2C(C)(C)C)cc1. The molecule has 1 fully saturated rings. The minimum Gasteiger partial charge on any atom is -0.317 e. The number of amides is 2. The first-order valence-electron chi connectivity index (χ1n) is 8.36. The van der Waals surface area contributed by atoms with Crippen LogP contribution in [0.15, 0.2) is 30.3 Å². The largest absolute Gasteiger partial charge is 0.321 e. The van der Waals surface area contributed by atoms with E-state index in [1.807, 2.05) is 9.80 Å². The molecule has 0 radical (unpaired) electrons. The zero-order chi connectivity index (χ0) is 17.4. The second-order valence-corrected chi connectivity index (χ2v) is 8.44. The van der Waals surface area contributed by atoms with E-state index < -0.39 is 0 Å². The van der Waals surface area contributed by atoms with Crippen molar-refractivity contribution in [1.82, 2.24) is 9.80 Å². The van der Waals surface area contributed by atoms with E-state index in [1.165, 1.54) is 11.1 Å². The Morgan fingerprint density at radius 2 is 1.57 bits per heavy atom. The van der Waals surface area contributed by atoms with Gasteiger partial charge in [-0.2, -0.15) is 0 Å². The van der Waals surface area contributed by atoms with Gasteiger partial charge in [0, 0.05) is 17.6 Å². The average molecular weight is 314 g/mol. The Hall–Kier alpha value is -1.77. The summed E-state index contributed by atoms with van der Waals surface area (Å²) in [6.07, 6.45) is 4.29. The number of urea groups is 1. The summed E-state index contributed by atoms with van der Waals surface area (Å²) in [5, 5.41) is 0. The topological polar surface area (TPSA) is 23.6 Å². The highest BCUT2D eigenvalue weighted by Gasteiger charge is 2.45. The number of carbonyl (C=O) groups excluding carboxylic acids is 1. The van der Waals surface area contributed by atoms with Crippen molar-refractivity contribution in [3.8, 4) is 0 Å². The molecule has 3 nitrogen and oxygen atoms in total. The van der Waals surface area contributed by atoms with Crippen molar-refractivity contribution in [3.63, 3.8) is 0 Å². The molecule has 0 aliphatic carbocycles. The zero-order valence-corrected chi connectivity index (χ0v) is 15.6. The summed E-state index contributed by atoms with van der Waals surface area (Å²) in [6.45, 7) is 15.4. The highest BCUT2D eigenvalue weighted by atomic mass is 16.2. The summed E-state index contributed by atoms with van der Waals surface area (Å²) < 4.78 is 0. The van der Waals surface area contributed by atoms with E-state index in [9.17, 15) is 4.79 Å². The van der Waals surface area contributed by atoms with Crippen LogP contribution in [0.25, 0.3) is 6.08 Å². The number of nitrogens with zero attached hydrogens (tertiary/aromatic N) is 2. The van der Waals surface area contributed by atoms with Gasteiger partial charge in [0.1, 0.15) is 0 Å². The Balaban J connectivity index is 2.27. The van der Waals surface area contributed by atoms with Gasteiger partial charge in [0.25, 0.3) is 0 Å². The van der Waals surface area contributed by atoms with Crippen molar-refractivity contribution < 1.29 is 4.79 Å². The third kappa shape index (κ3) is 3.95. The Bertz CT molecular complexity index is 588. The van der Waals surface area contributed by atoms with Crippen LogP contribution < -0.4 is 0 Å². The van der Waals surface area contributed by atoms with Crippen molar-refractivity contribution in [2.24, 2.45) is 0 Å². The number of hydrogen-bond acceptors (Lipinski definition) is 1. The van der Waals surface area contributed by atoms with Crippen LogP contribution in [-0.2, 0) is 0 Å². The smallest absolute Gasteiger partial charge is 0.317 e. The average Bonchev–Trinajstić information content (AvgIpc) is 2.75. The lowest BCUT2D eigenvalue weighted by Crippen LogP contribution is -2.50. The van der Waals surface area contributed by atoms with E-state index in [2.05, 4.69) is 84.9 Å². The first kappa shape index (κ1) is 17.6. The van der Waals surface area contributed by atoms with Gasteiger partial charge in [-0.05, 0) is 54.0 Å². The lowest BCUT2D eigenvalue weighted by Gasteiger charge is -2.36. The van der Waals surface area contributed by atoms with Crippen LogP contribution in [0.5, 0.6) is 0 Å². The third-order valence-electron chi connectivity index (χ3n) is 4.26. The number of hydrogen-bond donors (Lipinski definition) is 0. The molecule has 1 heterocycles. The summed E-state index contributed by atoms with van der Waals surface area (Å²) in [7, 11) is 0. The van der Waals surface area contributed by atoms with Crippen molar-refractivity contribution in [1.29, 1.82) is 0 Å². The molecule has 1 atom stereocenters. The molecular formula is C20H30N2O. The predicted octanol–water partition coefficient (Wildman–Crippen LogP) is 4.71. The standard InChI is InChI=1S/C20H30N2O/c1-15-8-10-16(11-9-15)12-13-17-14-21(19(2,3)4)18(23)22(17)20(5,6)7/h8-13,17H,14H2,1-7H3/b13-12+. The molecule has 126 valence electrons. The van der Waals surface area contributed by atoms with E-state index in [-0.39, 0.29) is 23.2 Å². The van der Waals surface area contributed by atoms with Crippen molar-refractivity contribution >= 4 is 12.1 Å². The molecule has 0 bridgehead atoms. The van der Waals surface area contributed by atoms with Gasteiger partial charge < -0.3 is 9.80 Å². The van der Waals surface area contributed by atoms with E-state index in [0.717, 1.165) is 6.54 Å². The fourth-order valence-electron chi connectivity index (χ4n) is 3.01. The van der Waals surface area contributed by atoms with Gasteiger partial charge in [0.2, 0.25) is 0 Å². The Morgan fingerprint density at radius 3 is 2.04 bits per heavy atom. The first-order chi connectivity index (χ1) is 10.5. The molecule has 2 amide bonds. The summed E-state index contributed by atoms with van der Waals surface area (Å²) in [5.74, 6) is 0. The van der Waals surface area contributed by atoms with Gasteiger partial charge >= 0.3 is 6.03 Å². The molecule has 23 heavy (non-hydrogen) atoms.